The van der Waals surface area contributed by atoms with Crippen molar-refractivity contribution in [3.8, 4) is 22.7 Å². The Kier molecular flexibility index (Phi) is 6.12. The molecule has 0 atom stereocenters. The van der Waals surface area contributed by atoms with E-state index in [4.69, 9.17) is 4.74 Å². The average molecular weight is 506 g/mol. The van der Waals surface area contributed by atoms with Crippen LogP contribution in [0.3, 0.4) is 0 Å². The molecule has 0 fully saturated rings. The molecule has 0 saturated carbocycles. The summed E-state index contributed by atoms with van der Waals surface area (Å²) in [6, 6.07) is 15.0. The molecule has 0 radical (unpaired) electrons. The van der Waals surface area contributed by atoms with Crippen LogP contribution in [0.1, 0.15) is 11.3 Å². The Hall–Kier alpha value is -4.67. The summed E-state index contributed by atoms with van der Waals surface area (Å²) in [5, 5.41) is 8.24. The van der Waals surface area contributed by atoms with Crippen molar-refractivity contribution in [3.05, 3.63) is 94.7 Å². The number of methoxy groups -OCH3 is 1. The second-order valence-corrected chi connectivity index (χ2v) is 8.16. The van der Waals surface area contributed by atoms with Crippen LogP contribution in [0.15, 0.2) is 77.9 Å². The lowest BCUT2D eigenvalue weighted by Crippen LogP contribution is -2.20. The number of ether oxygens (including phenoxy) is 1. The van der Waals surface area contributed by atoms with Crippen molar-refractivity contribution in [2.45, 2.75) is 12.7 Å². The summed E-state index contributed by atoms with van der Waals surface area (Å²) in [6.07, 6.45) is -1.18. The van der Waals surface area contributed by atoms with Gasteiger partial charge in [0.25, 0.3) is 5.56 Å². The Morgan fingerprint density at radius 2 is 1.84 bits per heavy atom. The zero-order valence-corrected chi connectivity index (χ0v) is 19.8. The third-order valence-corrected chi connectivity index (χ3v) is 5.86. The number of nitrogens with one attached hydrogen (secondary N) is 1. The highest BCUT2D eigenvalue weighted by Crippen LogP contribution is 2.36. The van der Waals surface area contributed by atoms with Gasteiger partial charge in [-0.25, -0.2) is 14.6 Å². The highest BCUT2D eigenvalue weighted by molar-refractivity contribution is 5.97. The van der Waals surface area contributed by atoms with E-state index in [2.05, 4.69) is 20.4 Å². The lowest BCUT2D eigenvalue weighted by atomic mass is 10.1. The summed E-state index contributed by atoms with van der Waals surface area (Å²) in [5.74, 6) is 0.949. The smallest absolute Gasteiger partial charge is 0.416 e. The number of nitrogens with zero attached hydrogens (tertiary/aromatic N) is 5. The number of pyridine rings is 1. The summed E-state index contributed by atoms with van der Waals surface area (Å²) in [7, 11) is 3.22. The van der Waals surface area contributed by atoms with Gasteiger partial charge in [-0.3, -0.25) is 4.79 Å². The predicted octanol–water partition coefficient (Wildman–Crippen LogP) is 4.76. The Balaban J connectivity index is 1.58. The minimum Gasteiger partial charge on any atom is -0.494 e. The van der Waals surface area contributed by atoms with Crippen molar-refractivity contribution in [1.82, 2.24) is 24.3 Å². The third-order valence-electron chi connectivity index (χ3n) is 5.86. The molecule has 5 rings (SSSR count). The second-order valence-electron chi connectivity index (χ2n) is 8.16. The summed E-state index contributed by atoms with van der Waals surface area (Å²) in [4.78, 5) is 21.4. The number of hydrogen-bond donors (Lipinski definition) is 1. The molecular weight excluding hydrogens is 485 g/mol. The van der Waals surface area contributed by atoms with Gasteiger partial charge in [-0.15, -0.1) is 0 Å². The van der Waals surface area contributed by atoms with Crippen molar-refractivity contribution < 1.29 is 17.9 Å². The van der Waals surface area contributed by atoms with E-state index in [0.717, 1.165) is 12.1 Å². The molecule has 0 saturated heterocycles. The molecule has 3 aromatic heterocycles. The van der Waals surface area contributed by atoms with Gasteiger partial charge in [0.1, 0.15) is 17.0 Å². The minimum absolute atomic E-state index is 0.255. The number of alkyl halides is 3. The number of para-hydroxylation sites is 1. The number of fused-ring (bicyclic) bond motifs is 1. The van der Waals surface area contributed by atoms with Gasteiger partial charge in [0.2, 0.25) is 5.95 Å². The van der Waals surface area contributed by atoms with Crippen molar-refractivity contribution in [2.75, 3.05) is 19.5 Å². The SMILES string of the molecule is CNc1nccc(Cn2ccc(-c3nn(-c4ccc(C(F)(F)F)cc4)c4c(OC)cccc34)cc2=O)n1. The highest BCUT2D eigenvalue weighted by Gasteiger charge is 2.30. The first-order chi connectivity index (χ1) is 17.8. The van der Waals surface area contributed by atoms with Crippen molar-refractivity contribution >= 4 is 16.9 Å². The van der Waals surface area contributed by atoms with E-state index in [0.29, 0.717) is 45.2 Å². The van der Waals surface area contributed by atoms with Crippen molar-refractivity contribution in [2.24, 2.45) is 0 Å². The van der Waals surface area contributed by atoms with E-state index in [9.17, 15) is 18.0 Å². The Morgan fingerprint density at radius 3 is 2.51 bits per heavy atom. The average Bonchev–Trinajstić information content (AvgIpc) is 3.29. The summed E-state index contributed by atoms with van der Waals surface area (Å²) in [6.45, 7) is 0.255. The van der Waals surface area contributed by atoms with Gasteiger partial charge in [0.15, 0.2) is 0 Å². The molecule has 0 bridgehead atoms. The maximum absolute atomic E-state index is 13.1. The van der Waals surface area contributed by atoms with Crippen molar-refractivity contribution in [3.63, 3.8) is 0 Å². The van der Waals surface area contributed by atoms with Gasteiger partial charge in [0, 0.05) is 36.5 Å². The second kappa shape index (κ2) is 9.41. The van der Waals surface area contributed by atoms with E-state index in [1.807, 2.05) is 6.07 Å². The van der Waals surface area contributed by atoms with E-state index in [1.165, 1.54) is 34.6 Å². The maximum Gasteiger partial charge on any atom is 0.416 e. The topological polar surface area (TPSA) is 86.9 Å². The highest BCUT2D eigenvalue weighted by atomic mass is 19.4. The molecule has 0 amide bonds. The normalized spacial score (nSPS) is 11.6. The van der Waals surface area contributed by atoms with E-state index in [1.54, 1.807) is 43.7 Å². The molecule has 1 N–H and O–H groups in total. The molecule has 0 aliphatic rings. The fourth-order valence-corrected chi connectivity index (χ4v) is 4.06. The quantitative estimate of drug-likeness (QED) is 0.357. The number of aromatic nitrogens is 5. The van der Waals surface area contributed by atoms with Crippen LogP contribution < -0.4 is 15.6 Å². The fraction of sp³-hybridized carbons (Fsp3) is 0.154. The van der Waals surface area contributed by atoms with E-state index in [-0.39, 0.29) is 12.1 Å². The monoisotopic (exact) mass is 506 g/mol. The zero-order chi connectivity index (χ0) is 26.2. The van der Waals surface area contributed by atoms with Gasteiger partial charge < -0.3 is 14.6 Å². The first-order valence-corrected chi connectivity index (χ1v) is 11.2. The largest absolute Gasteiger partial charge is 0.494 e. The van der Waals surface area contributed by atoms with Crippen molar-refractivity contribution in [1.29, 1.82) is 0 Å². The first kappa shape index (κ1) is 24.0. The first-order valence-electron chi connectivity index (χ1n) is 11.2. The standard InChI is InChI=1S/C26H21F3N6O2/c1-30-25-31-12-10-18(32-25)15-34-13-11-16(14-22(34)36)23-20-4-3-5-21(37-2)24(20)35(33-23)19-8-6-17(7-9-19)26(27,28)29/h3-14H,15H2,1-2H3,(H,30,31,32). The minimum atomic E-state index is -4.45. The number of hydrogen-bond acceptors (Lipinski definition) is 6. The molecule has 2 aromatic carbocycles. The molecule has 11 heteroatoms. The number of halogens is 3. The van der Waals surface area contributed by atoms with Crippen LogP contribution in [-0.4, -0.2) is 38.5 Å². The number of anilines is 1. The van der Waals surface area contributed by atoms with E-state index >= 15 is 0 Å². The van der Waals surface area contributed by atoms with Gasteiger partial charge in [-0.05, 0) is 42.5 Å². The van der Waals surface area contributed by atoms with Crippen LogP contribution in [0.4, 0.5) is 19.1 Å². The molecular formula is C26H21F3N6O2. The van der Waals surface area contributed by atoms with Crippen LogP contribution in [0.5, 0.6) is 5.75 Å². The molecule has 0 spiro atoms. The van der Waals surface area contributed by atoms with Crippen LogP contribution in [-0.2, 0) is 12.7 Å². The number of benzene rings is 2. The van der Waals surface area contributed by atoms with Gasteiger partial charge in [0.05, 0.1) is 30.6 Å². The molecule has 188 valence electrons. The summed E-state index contributed by atoms with van der Waals surface area (Å²) >= 11 is 0. The molecule has 0 unspecified atom stereocenters. The molecule has 0 aliphatic heterocycles. The van der Waals surface area contributed by atoms with E-state index < -0.39 is 11.7 Å². The van der Waals surface area contributed by atoms with Crippen LogP contribution >= 0.6 is 0 Å². The molecule has 0 aliphatic carbocycles. The predicted molar refractivity (Wildman–Crippen MR) is 133 cm³/mol. The summed E-state index contributed by atoms with van der Waals surface area (Å²) < 4.78 is 47.8. The lowest BCUT2D eigenvalue weighted by Gasteiger charge is -2.09. The van der Waals surface area contributed by atoms with Crippen LogP contribution in [0.25, 0.3) is 27.8 Å². The van der Waals surface area contributed by atoms with Gasteiger partial charge in [-0.2, -0.15) is 18.3 Å². The van der Waals surface area contributed by atoms with Gasteiger partial charge in [-0.1, -0.05) is 12.1 Å². The molecule has 3 heterocycles. The number of rotatable bonds is 6. The maximum atomic E-state index is 13.1. The summed E-state index contributed by atoms with van der Waals surface area (Å²) in [5.41, 5.74) is 1.70. The van der Waals surface area contributed by atoms with Crippen LogP contribution in [0, 0.1) is 0 Å². The Bertz CT molecular complexity index is 1640. The lowest BCUT2D eigenvalue weighted by molar-refractivity contribution is -0.137. The Labute approximate surface area is 209 Å². The fourth-order valence-electron chi connectivity index (χ4n) is 4.06. The molecule has 5 aromatic rings. The zero-order valence-electron chi connectivity index (χ0n) is 19.8. The van der Waals surface area contributed by atoms with Crippen LogP contribution in [0.2, 0.25) is 0 Å². The molecule has 37 heavy (non-hydrogen) atoms. The molecule has 8 nitrogen and oxygen atoms in total. The Morgan fingerprint density at radius 1 is 1.05 bits per heavy atom. The third kappa shape index (κ3) is 4.63. The van der Waals surface area contributed by atoms with Gasteiger partial charge >= 0.3 is 6.18 Å².